The van der Waals surface area contributed by atoms with Gasteiger partial charge in [-0.2, -0.15) is 0 Å². The van der Waals surface area contributed by atoms with Crippen LogP contribution in [0, 0.1) is 0 Å². The zero-order valence-electron chi connectivity index (χ0n) is 12.6. The van der Waals surface area contributed by atoms with Gasteiger partial charge in [-0.05, 0) is 39.2 Å². The van der Waals surface area contributed by atoms with Crippen LogP contribution in [0.3, 0.4) is 0 Å². The molecule has 0 saturated carbocycles. The van der Waals surface area contributed by atoms with Gasteiger partial charge in [0.25, 0.3) is 0 Å². The Hall–Kier alpha value is -0.160. The second-order valence-electron chi connectivity index (χ2n) is 5.99. The van der Waals surface area contributed by atoms with E-state index in [0.717, 1.165) is 26.2 Å². The molecule has 3 unspecified atom stereocenters. The fourth-order valence-electron chi connectivity index (χ4n) is 3.26. The molecular formula is C15H30N2O2. The molecule has 112 valence electrons. The Morgan fingerprint density at radius 2 is 2.16 bits per heavy atom. The van der Waals surface area contributed by atoms with E-state index in [1.54, 1.807) is 7.11 Å². The Labute approximate surface area is 117 Å². The molecule has 0 aliphatic carbocycles. The molecule has 0 spiro atoms. The van der Waals surface area contributed by atoms with Crippen molar-refractivity contribution < 1.29 is 9.47 Å². The van der Waals surface area contributed by atoms with Crippen LogP contribution in [-0.2, 0) is 9.47 Å². The molecule has 2 aliphatic rings. The number of nitrogens with zero attached hydrogens (tertiary/aromatic N) is 1. The van der Waals surface area contributed by atoms with Crippen LogP contribution in [0.15, 0.2) is 0 Å². The minimum Gasteiger partial charge on any atom is -0.383 e. The summed E-state index contributed by atoms with van der Waals surface area (Å²) < 4.78 is 11.1. The fourth-order valence-corrected chi connectivity index (χ4v) is 3.26. The molecule has 3 atom stereocenters. The highest BCUT2D eigenvalue weighted by molar-refractivity contribution is 4.83. The highest BCUT2D eigenvalue weighted by Crippen LogP contribution is 2.23. The lowest BCUT2D eigenvalue weighted by Crippen LogP contribution is -2.48. The Morgan fingerprint density at radius 1 is 1.26 bits per heavy atom. The Kier molecular flexibility index (Phi) is 6.57. The maximum absolute atomic E-state index is 5.97. The van der Waals surface area contributed by atoms with Gasteiger partial charge in [-0.15, -0.1) is 0 Å². The third-order valence-electron chi connectivity index (χ3n) is 4.37. The van der Waals surface area contributed by atoms with Crippen molar-refractivity contribution in [3.8, 4) is 0 Å². The monoisotopic (exact) mass is 270 g/mol. The summed E-state index contributed by atoms with van der Waals surface area (Å²) in [6.07, 6.45) is 7.44. The van der Waals surface area contributed by atoms with E-state index in [1.807, 2.05) is 0 Å². The van der Waals surface area contributed by atoms with Crippen molar-refractivity contribution in [1.82, 2.24) is 10.2 Å². The average Bonchev–Trinajstić information content (AvgIpc) is 2.82. The lowest BCUT2D eigenvalue weighted by molar-refractivity contribution is 0.0136. The zero-order valence-corrected chi connectivity index (χ0v) is 12.6. The third kappa shape index (κ3) is 5.03. The van der Waals surface area contributed by atoms with Gasteiger partial charge >= 0.3 is 0 Å². The van der Waals surface area contributed by atoms with Gasteiger partial charge in [0.15, 0.2) is 0 Å². The number of nitrogens with one attached hydrogen (secondary N) is 1. The summed E-state index contributed by atoms with van der Waals surface area (Å²) in [5.74, 6) is 0. The summed E-state index contributed by atoms with van der Waals surface area (Å²) in [5, 5.41) is 3.51. The number of rotatable bonds is 7. The Balaban J connectivity index is 1.72. The van der Waals surface area contributed by atoms with E-state index >= 15 is 0 Å². The first-order valence-corrected chi connectivity index (χ1v) is 7.88. The second-order valence-corrected chi connectivity index (χ2v) is 5.99. The summed E-state index contributed by atoms with van der Waals surface area (Å²) in [6, 6.07) is 0.685. The lowest BCUT2D eigenvalue weighted by Gasteiger charge is -2.37. The molecule has 0 aromatic heterocycles. The largest absolute Gasteiger partial charge is 0.383 e. The van der Waals surface area contributed by atoms with Crippen molar-refractivity contribution >= 4 is 0 Å². The van der Waals surface area contributed by atoms with Crippen LogP contribution < -0.4 is 5.32 Å². The summed E-state index contributed by atoms with van der Waals surface area (Å²) in [5.41, 5.74) is 0. The summed E-state index contributed by atoms with van der Waals surface area (Å²) >= 11 is 0. The molecule has 0 radical (unpaired) electrons. The van der Waals surface area contributed by atoms with E-state index in [1.165, 1.54) is 38.6 Å². The molecule has 2 aliphatic heterocycles. The van der Waals surface area contributed by atoms with Gasteiger partial charge in [0.2, 0.25) is 0 Å². The van der Waals surface area contributed by atoms with E-state index in [0.29, 0.717) is 18.2 Å². The van der Waals surface area contributed by atoms with E-state index in [4.69, 9.17) is 9.47 Å². The number of ether oxygens (including phenoxy) is 2. The third-order valence-corrected chi connectivity index (χ3v) is 4.37. The predicted octanol–water partition coefficient (Wildman–Crippen LogP) is 1.64. The SMILES string of the molecule is COCCNCC1CCCCN1CC1CCC(C)O1. The van der Waals surface area contributed by atoms with Crippen LogP contribution in [0.5, 0.6) is 0 Å². The van der Waals surface area contributed by atoms with Gasteiger partial charge in [0.05, 0.1) is 18.8 Å². The number of likely N-dealkylation sites (tertiary alicyclic amines) is 1. The van der Waals surface area contributed by atoms with Gasteiger partial charge in [0, 0.05) is 32.8 Å². The Bertz CT molecular complexity index is 250. The number of piperidine rings is 1. The first-order valence-electron chi connectivity index (χ1n) is 7.88. The second kappa shape index (κ2) is 8.20. The number of hydrogen-bond acceptors (Lipinski definition) is 4. The fraction of sp³-hybridized carbons (Fsp3) is 1.00. The molecule has 0 amide bonds. The molecule has 1 N–H and O–H groups in total. The average molecular weight is 270 g/mol. The Morgan fingerprint density at radius 3 is 2.89 bits per heavy atom. The molecule has 0 bridgehead atoms. The standard InChI is InChI=1S/C15H30N2O2/c1-13-6-7-15(19-13)12-17-9-4-3-5-14(17)11-16-8-10-18-2/h13-16H,3-12H2,1-2H3. The molecule has 2 fully saturated rings. The first-order chi connectivity index (χ1) is 9.29. The zero-order chi connectivity index (χ0) is 13.5. The molecule has 4 heteroatoms. The minimum absolute atomic E-state index is 0.466. The van der Waals surface area contributed by atoms with Crippen molar-refractivity contribution in [2.75, 3.05) is 39.9 Å². The maximum Gasteiger partial charge on any atom is 0.0706 e. The highest BCUT2D eigenvalue weighted by atomic mass is 16.5. The van der Waals surface area contributed by atoms with E-state index in [9.17, 15) is 0 Å². The summed E-state index contributed by atoms with van der Waals surface area (Å²) in [4.78, 5) is 2.64. The molecule has 4 nitrogen and oxygen atoms in total. The normalized spacial score (nSPS) is 32.8. The van der Waals surface area contributed by atoms with Gasteiger partial charge < -0.3 is 14.8 Å². The maximum atomic E-state index is 5.97. The van der Waals surface area contributed by atoms with Crippen LogP contribution in [0.25, 0.3) is 0 Å². The van der Waals surface area contributed by atoms with Crippen LogP contribution >= 0.6 is 0 Å². The van der Waals surface area contributed by atoms with Gasteiger partial charge in [-0.1, -0.05) is 6.42 Å². The molecule has 2 heterocycles. The first kappa shape index (κ1) is 15.2. The van der Waals surface area contributed by atoms with Crippen LogP contribution in [0.4, 0.5) is 0 Å². The van der Waals surface area contributed by atoms with E-state index in [2.05, 4.69) is 17.1 Å². The van der Waals surface area contributed by atoms with Crippen LogP contribution in [-0.4, -0.2) is 63.0 Å². The van der Waals surface area contributed by atoms with Crippen molar-refractivity contribution in [2.24, 2.45) is 0 Å². The van der Waals surface area contributed by atoms with Gasteiger partial charge in [-0.3, -0.25) is 4.90 Å². The molecule has 0 aromatic carbocycles. The number of hydrogen-bond donors (Lipinski definition) is 1. The topological polar surface area (TPSA) is 33.7 Å². The smallest absolute Gasteiger partial charge is 0.0706 e. The van der Waals surface area contributed by atoms with Crippen molar-refractivity contribution in [3.05, 3.63) is 0 Å². The molecular weight excluding hydrogens is 240 g/mol. The van der Waals surface area contributed by atoms with Crippen molar-refractivity contribution in [3.63, 3.8) is 0 Å². The molecule has 2 rings (SSSR count). The molecule has 2 saturated heterocycles. The van der Waals surface area contributed by atoms with Gasteiger partial charge in [0.1, 0.15) is 0 Å². The molecule has 0 aromatic rings. The van der Waals surface area contributed by atoms with E-state index < -0.39 is 0 Å². The van der Waals surface area contributed by atoms with Crippen molar-refractivity contribution in [2.45, 2.75) is 57.3 Å². The minimum atomic E-state index is 0.466. The van der Waals surface area contributed by atoms with Crippen LogP contribution in [0.1, 0.15) is 39.0 Å². The van der Waals surface area contributed by atoms with Crippen LogP contribution in [0.2, 0.25) is 0 Å². The lowest BCUT2D eigenvalue weighted by atomic mass is 10.0. The predicted molar refractivity (Wildman–Crippen MR) is 77.5 cm³/mol. The summed E-state index contributed by atoms with van der Waals surface area (Å²) in [7, 11) is 1.76. The van der Waals surface area contributed by atoms with Crippen molar-refractivity contribution in [1.29, 1.82) is 0 Å². The summed E-state index contributed by atoms with van der Waals surface area (Å²) in [6.45, 7) is 7.41. The van der Waals surface area contributed by atoms with E-state index in [-0.39, 0.29) is 0 Å². The quantitative estimate of drug-likeness (QED) is 0.713. The number of methoxy groups -OCH3 is 1. The highest BCUT2D eigenvalue weighted by Gasteiger charge is 2.28. The van der Waals surface area contributed by atoms with Gasteiger partial charge in [-0.25, -0.2) is 0 Å². The molecule has 19 heavy (non-hydrogen) atoms.